The molecule has 2 aliphatic heterocycles. The number of nitrogens with zero attached hydrogens (tertiary/aromatic N) is 1. The van der Waals surface area contributed by atoms with Crippen LogP contribution in [0.2, 0.25) is 0 Å². The van der Waals surface area contributed by atoms with Crippen LogP contribution in [0.1, 0.15) is 29.7 Å². The van der Waals surface area contributed by atoms with Crippen LogP contribution in [0.15, 0.2) is 66.7 Å². The molecule has 1 N–H and O–H groups in total. The van der Waals surface area contributed by atoms with Crippen molar-refractivity contribution in [2.75, 3.05) is 32.9 Å². The zero-order chi connectivity index (χ0) is 23.7. The predicted octanol–water partition coefficient (Wildman–Crippen LogP) is 5.88. The maximum atomic E-state index is 13.6. The van der Waals surface area contributed by atoms with Crippen LogP contribution in [0, 0.1) is 11.7 Å². The number of hydrogen-bond acceptors (Lipinski definition) is 4. The SMILES string of the molecule is CC1=C(c2ccc(F)cc2)[C@@H](c2ccc(OCCN3CC(CF)C3)cc2)Oc2ccc(O)cc21. The number of rotatable bonds is 7. The second-order valence-corrected chi connectivity index (χ2v) is 8.92. The summed E-state index contributed by atoms with van der Waals surface area (Å²) in [5.41, 5.74) is 4.51. The van der Waals surface area contributed by atoms with Crippen molar-refractivity contribution in [1.82, 2.24) is 4.90 Å². The lowest BCUT2D eigenvalue weighted by Gasteiger charge is -2.37. The van der Waals surface area contributed by atoms with E-state index in [2.05, 4.69) is 4.90 Å². The highest BCUT2D eigenvalue weighted by Crippen LogP contribution is 2.47. The van der Waals surface area contributed by atoms with Gasteiger partial charge in [-0.15, -0.1) is 0 Å². The quantitative estimate of drug-likeness (QED) is 0.476. The average Bonchev–Trinajstić information content (AvgIpc) is 2.82. The van der Waals surface area contributed by atoms with Crippen molar-refractivity contribution < 1.29 is 23.4 Å². The van der Waals surface area contributed by atoms with E-state index in [4.69, 9.17) is 9.47 Å². The Kier molecular flexibility index (Phi) is 6.24. The van der Waals surface area contributed by atoms with Crippen molar-refractivity contribution in [2.45, 2.75) is 13.0 Å². The Bertz CT molecular complexity index is 1190. The summed E-state index contributed by atoms with van der Waals surface area (Å²) in [4.78, 5) is 2.19. The number of aromatic hydroxyl groups is 1. The minimum absolute atomic E-state index is 0.165. The minimum Gasteiger partial charge on any atom is -0.508 e. The molecule has 0 aliphatic carbocycles. The van der Waals surface area contributed by atoms with Gasteiger partial charge in [0.25, 0.3) is 0 Å². The molecular formula is C28H27F2NO3. The first-order valence-electron chi connectivity index (χ1n) is 11.5. The summed E-state index contributed by atoms with van der Waals surface area (Å²) in [6, 6.07) is 19.2. The van der Waals surface area contributed by atoms with E-state index in [9.17, 15) is 13.9 Å². The Morgan fingerprint density at radius 3 is 2.47 bits per heavy atom. The third-order valence-corrected chi connectivity index (χ3v) is 6.54. The van der Waals surface area contributed by atoms with E-state index in [1.54, 1.807) is 30.3 Å². The molecule has 3 aromatic rings. The van der Waals surface area contributed by atoms with Gasteiger partial charge in [-0.25, -0.2) is 4.39 Å². The summed E-state index contributed by atoms with van der Waals surface area (Å²) in [6.45, 7) is 4.68. The van der Waals surface area contributed by atoms with E-state index in [0.29, 0.717) is 12.4 Å². The van der Waals surface area contributed by atoms with Crippen molar-refractivity contribution >= 4 is 11.1 Å². The molecule has 2 heterocycles. The normalized spacial score (nSPS) is 18.3. The first kappa shape index (κ1) is 22.4. The van der Waals surface area contributed by atoms with Crippen molar-refractivity contribution in [3.05, 3.63) is 89.2 Å². The number of fused-ring (bicyclic) bond motifs is 1. The van der Waals surface area contributed by atoms with Gasteiger partial charge >= 0.3 is 0 Å². The minimum atomic E-state index is -0.393. The van der Waals surface area contributed by atoms with E-state index in [1.165, 1.54) is 12.1 Å². The molecule has 0 unspecified atom stereocenters. The van der Waals surface area contributed by atoms with Crippen LogP contribution in [0.4, 0.5) is 8.78 Å². The van der Waals surface area contributed by atoms with E-state index in [1.807, 2.05) is 31.2 Å². The molecule has 0 saturated carbocycles. The summed E-state index contributed by atoms with van der Waals surface area (Å²) in [6.07, 6.45) is -0.393. The molecule has 4 nitrogen and oxygen atoms in total. The van der Waals surface area contributed by atoms with Gasteiger partial charge in [0, 0.05) is 36.7 Å². The Balaban J connectivity index is 1.37. The predicted molar refractivity (Wildman–Crippen MR) is 128 cm³/mol. The zero-order valence-electron chi connectivity index (χ0n) is 19.0. The molecule has 2 aliphatic rings. The Morgan fingerprint density at radius 1 is 1.03 bits per heavy atom. The number of ether oxygens (including phenoxy) is 2. The molecule has 34 heavy (non-hydrogen) atoms. The summed E-state index contributed by atoms with van der Waals surface area (Å²) < 4.78 is 38.5. The van der Waals surface area contributed by atoms with Crippen molar-refractivity contribution in [1.29, 1.82) is 0 Å². The molecule has 0 bridgehead atoms. The van der Waals surface area contributed by atoms with Gasteiger partial charge in [0.2, 0.25) is 0 Å². The highest BCUT2D eigenvalue weighted by molar-refractivity contribution is 5.95. The number of allylic oxidation sites excluding steroid dienone is 1. The molecule has 0 amide bonds. The van der Waals surface area contributed by atoms with Crippen molar-refractivity contribution in [3.63, 3.8) is 0 Å². The van der Waals surface area contributed by atoms with E-state index in [0.717, 1.165) is 53.2 Å². The van der Waals surface area contributed by atoms with Gasteiger partial charge in [-0.2, -0.15) is 0 Å². The Morgan fingerprint density at radius 2 is 1.76 bits per heavy atom. The first-order valence-corrected chi connectivity index (χ1v) is 11.5. The van der Waals surface area contributed by atoms with Crippen LogP contribution in [0.25, 0.3) is 11.1 Å². The molecule has 0 aromatic heterocycles. The number of likely N-dealkylation sites (tertiary alicyclic amines) is 1. The van der Waals surface area contributed by atoms with Crippen molar-refractivity contribution in [3.8, 4) is 17.2 Å². The lowest BCUT2D eigenvalue weighted by atomic mass is 9.86. The van der Waals surface area contributed by atoms with Crippen LogP contribution in [0.5, 0.6) is 17.2 Å². The van der Waals surface area contributed by atoms with Crippen LogP contribution in [-0.2, 0) is 0 Å². The Labute approximate surface area is 198 Å². The van der Waals surface area contributed by atoms with Crippen LogP contribution in [0.3, 0.4) is 0 Å². The maximum absolute atomic E-state index is 13.6. The van der Waals surface area contributed by atoms with E-state index >= 15 is 0 Å². The number of hydrogen-bond donors (Lipinski definition) is 1. The largest absolute Gasteiger partial charge is 0.508 e. The highest BCUT2D eigenvalue weighted by atomic mass is 19.1. The lowest BCUT2D eigenvalue weighted by molar-refractivity contribution is 0.0668. The van der Waals surface area contributed by atoms with Gasteiger partial charge in [-0.05, 0) is 66.1 Å². The van der Waals surface area contributed by atoms with Gasteiger partial charge < -0.3 is 14.6 Å². The number of alkyl halides is 1. The molecule has 6 heteroatoms. The van der Waals surface area contributed by atoms with Crippen LogP contribution < -0.4 is 9.47 Å². The highest BCUT2D eigenvalue weighted by Gasteiger charge is 2.30. The molecule has 176 valence electrons. The summed E-state index contributed by atoms with van der Waals surface area (Å²) >= 11 is 0. The molecule has 5 rings (SSSR count). The van der Waals surface area contributed by atoms with Crippen LogP contribution in [-0.4, -0.2) is 42.9 Å². The smallest absolute Gasteiger partial charge is 0.150 e. The molecule has 3 aromatic carbocycles. The second-order valence-electron chi connectivity index (χ2n) is 8.92. The monoisotopic (exact) mass is 463 g/mol. The second kappa shape index (κ2) is 9.47. The molecule has 1 fully saturated rings. The number of benzene rings is 3. The first-order chi connectivity index (χ1) is 16.5. The number of phenolic OH excluding ortho intramolecular Hbond substituents is 1. The van der Waals surface area contributed by atoms with Gasteiger partial charge in [-0.3, -0.25) is 9.29 Å². The molecule has 1 saturated heterocycles. The maximum Gasteiger partial charge on any atom is 0.150 e. The summed E-state index contributed by atoms with van der Waals surface area (Å²) in [5, 5.41) is 10.0. The van der Waals surface area contributed by atoms with Crippen molar-refractivity contribution in [2.24, 2.45) is 5.92 Å². The van der Waals surface area contributed by atoms with Gasteiger partial charge in [0.15, 0.2) is 0 Å². The fourth-order valence-corrected chi connectivity index (χ4v) is 4.66. The third kappa shape index (κ3) is 4.50. The number of halogens is 2. The Hall–Kier alpha value is -3.38. The van der Waals surface area contributed by atoms with E-state index in [-0.39, 0.29) is 24.2 Å². The lowest BCUT2D eigenvalue weighted by Crippen LogP contribution is -2.49. The molecule has 1 atom stereocenters. The zero-order valence-corrected chi connectivity index (χ0v) is 19.0. The van der Waals surface area contributed by atoms with Gasteiger partial charge in [-0.1, -0.05) is 24.3 Å². The number of phenols is 1. The van der Waals surface area contributed by atoms with Gasteiger partial charge in [0.05, 0.1) is 6.67 Å². The third-order valence-electron chi connectivity index (χ3n) is 6.54. The standard InChI is InChI=1S/C28H27F2NO3/c1-18-25-14-23(32)8-11-26(25)34-28(27(18)20-2-6-22(30)7-3-20)21-4-9-24(10-5-21)33-13-12-31-16-19(15-29)17-31/h2-11,14,19,28,32H,12-13,15-17H2,1H3/t28-/m1/s1. The average molecular weight is 464 g/mol. The summed E-state index contributed by atoms with van der Waals surface area (Å²) in [5.74, 6) is 1.49. The fourth-order valence-electron chi connectivity index (χ4n) is 4.66. The fraction of sp³-hybridized carbons (Fsp3) is 0.286. The molecule has 0 radical (unpaired) electrons. The van der Waals surface area contributed by atoms with Crippen LogP contribution >= 0.6 is 0 Å². The van der Waals surface area contributed by atoms with E-state index < -0.39 is 6.10 Å². The summed E-state index contributed by atoms with van der Waals surface area (Å²) in [7, 11) is 0. The molecular weight excluding hydrogens is 436 g/mol. The molecule has 0 spiro atoms. The topological polar surface area (TPSA) is 41.9 Å². The van der Waals surface area contributed by atoms with Gasteiger partial charge in [0.1, 0.15) is 35.8 Å².